The third-order valence-corrected chi connectivity index (χ3v) is 6.01. The van der Waals surface area contributed by atoms with Crippen LogP contribution in [-0.2, 0) is 6.54 Å². The second-order valence-electron chi connectivity index (χ2n) is 6.84. The molecule has 1 fully saturated rings. The lowest BCUT2D eigenvalue weighted by molar-refractivity contribution is 0.101. The van der Waals surface area contributed by atoms with E-state index >= 15 is 0 Å². The van der Waals surface area contributed by atoms with Crippen molar-refractivity contribution < 1.29 is 4.79 Å². The molecule has 6 nitrogen and oxygen atoms in total. The van der Waals surface area contributed by atoms with Crippen LogP contribution in [0.3, 0.4) is 0 Å². The first-order valence-electron chi connectivity index (χ1n) is 9.43. The first-order chi connectivity index (χ1) is 13.7. The van der Waals surface area contributed by atoms with Crippen molar-refractivity contribution in [1.82, 2.24) is 24.6 Å². The van der Waals surface area contributed by atoms with E-state index in [0.717, 1.165) is 31.1 Å². The summed E-state index contributed by atoms with van der Waals surface area (Å²) in [6.07, 6.45) is 5.50. The number of nitrogens with zero attached hydrogens (tertiary/aromatic N) is 4. The highest BCUT2D eigenvalue weighted by molar-refractivity contribution is 7.99. The van der Waals surface area contributed by atoms with Crippen LogP contribution in [0.15, 0.2) is 47.8 Å². The Bertz CT molecular complexity index is 917. The Morgan fingerprint density at radius 1 is 1.11 bits per heavy atom. The number of hydrogen-bond acceptors (Lipinski definition) is 5. The lowest BCUT2D eigenvalue weighted by Gasteiger charge is -2.26. The zero-order valence-electron chi connectivity index (χ0n) is 15.5. The summed E-state index contributed by atoms with van der Waals surface area (Å²) in [5.74, 6) is 1.23. The number of carbonyl (C=O) groups excluding carboxylic acids is 1. The number of Topliss-reactive ketones (excluding diaryl/α,β-unsaturated/α-hetero) is 1. The molecule has 0 bridgehead atoms. The standard InChI is InChI=1S/C20H22ClN5OS/c21-15-6-8-16(9-7-15)26-19(13-25-11-2-1-3-12-25)23-24-20(26)28-14-18(27)17-5-4-10-22-17/h4-10,22H,1-3,11-14H2. The number of aromatic nitrogens is 4. The minimum atomic E-state index is 0.0400. The number of ketones is 1. The monoisotopic (exact) mass is 415 g/mol. The number of benzene rings is 1. The fourth-order valence-corrected chi connectivity index (χ4v) is 4.35. The topological polar surface area (TPSA) is 66.8 Å². The second kappa shape index (κ2) is 8.94. The van der Waals surface area contributed by atoms with Gasteiger partial charge in [0.15, 0.2) is 16.8 Å². The molecule has 0 radical (unpaired) electrons. The molecule has 1 N–H and O–H groups in total. The highest BCUT2D eigenvalue weighted by atomic mass is 35.5. The molecule has 28 heavy (non-hydrogen) atoms. The zero-order chi connectivity index (χ0) is 19.3. The molecule has 1 saturated heterocycles. The number of H-pyrrole nitrogens is 1. The summed E-state index contributed by atoms with van der Waals surface area (Å²) in [6, 6.07) is 11.3. The molecule has 3 heterocycles. The van der Waals surface area contributed by atoms with Gasteiger partial charge in [-0.2, -0.15) is 0 Å². The molecule has 0 amide bonds. The van der Waals surface area contributed by atoms with Gasteiger partial charge in [0.05, 0.1) is 18.0 Å². The van der Waals surface area contributed by atoms with Crippen LogP contribution in [0.2, 0.25) is 5.02 Å². The molecular weight excluding hydrogens is 394 g/mol. The average molecular weight is 416 g/mol. The largest absolute Gasteiger partial charge is 0.359 e. The van der Waals surface area contributed by atoms with E-state index in [1.165, 1.54) is 31.0 Å². The van der Waals surface area contributed by atoms with E-state index in [9.17, 15) is 4.79 Å². The fourth-order valence-electron chi connectivity index (χ4n) is 3.37. The molecule has 4 rings (SSSR count). The second-order valence-corrected chi connectivity index (χ2v) is 8.22. The van der Waals surface area contributed by atoms with Crippen LogP contribution in [0.4, 0.5) is 0 Å². The fraction of sp³-hybridized carbons (Fsp3) is 0.350. The van der Waals surface area contributed by atoms with Crippen molar-refractivity contribution in [1.29, 1.82) is 0 Å². The Kier molecular flexibility index (Phi) is 6.14. The van der Waals surface area contributed by atoms with Crippen LogP contribution >= 0.6 is 23.4 Å². The number of aromatic amines is 1. The van der Waals surface area contributed by atoms with E-state index < -0.39 is 0 Å². The lowest BCUT2D eigenvalue weighted by Crippen LogP contribution is -2.30. The molecule has 0 aliphatic carbocycles. The molecule has 1 aliphatic heterocycles. The highest BCUT2D eigenvalue weighted by Crippen LogP contribution is 2.25. The first kappa shape index (κ1) is 19.2. The summed E-state index contributed by atoms with van der Waals surface area (Å²) in [6.45, 7) is 2.92. The maximum atomic E-state index is 12.4. The molecule has 3 aromatic rings. The van der Waals surface area contributed by atoms with Gasteiger partial charge in [-0.05, 0) is 62.3 Å². The molecule has 1 aliphatic rings. The van der Waals surface area contributed by atoms with Crippen molar-refractivity contribution in [2.45, 2.75) is 31.0 Å². The lowest BCUT2D eigenvalue weighted by atomic mass is 10.1. The van der Waals surface area contributed by atoms with Crippen molar-refractivity contribution in [2.24, 2.45) is 0 Å². The molecule has 0 unspecified atom stereocenters. The molecule has 0 spiro atoms. The minimum absolute atomic E-state index is 0.0400. The number of likely N-dealkylation sites (tertiary alicyclic amines) is 1. The van der Waals surface area contributed by atoms with Crippen molar-refractivity contribution in [2.75, 3.05) is 18.8 Å². The highest BCUT2D eigenvalue weighted by Gasteiger charge is 2.20. The van der Waals surface area contributed by atoms with Gasteiger partial charge in [0.1, 0.15) is 0 Å². The van der Waals surface area contributed by atoms with Crippen molar-refractivity contribution in [3.63, 3.8) is 0 Å². The van der Waals surface area contributed by atoms with E-state index in [1.807, 2.05) is 34.9 Å². The number of piperidine rings is 1. The summed E-state index contributed by atoms with van der Waals surface area (Å²) in [5, 5.41) is 10.2. The molecule has 1 aromatic carbocycles. The number of thioether (sulfide) groups is 1. The average Bonchev–Trinajstić information content (AvgIpc) is 3.38. The van der Waals surface area contributed by atoms with Gasteiger partial charge in [0.2, 0.25) is 0 Å². The van der Waals surface area contributed by atoms with Gasteiger partial charge >= 0.3 is 0 Å². The van der Waals surface area contributed by atoms with Gasteiger partial charge in [-0.3, -0.25) is 14.3 Å². The zero-order valence-corrected chi connectivity index (χ0v) is 17.0. The van der Waals surface area contributed by atoms with Crippen LogP contribution < -0.4 is 0 Å². The summed E-state index contributed by atoms with van der Waals surface area (Å²) in [5.41, 5.74) is 1.56. The molecule has 0 saturated carbocycles. The normalized spacial score (nSPS) is 15.0. The summed E-state index contributed by atoms with van der Waals surface area (Å²) >= 11 is 7.47. The summed E-state index contributed by atoms with van der Waals surface area (Å²) in [7, 11) is 0. The summed E-state index contributed by atoms with van der Waals surface area (Å²) < 4.78 is 2.04. The van der Waals surface area contributed by atoms with Crippen LogP contribution in [0, 0.1) is 0 Å². The van der Waals surface area contributed by atoms with Crippen molar-refractivity contribution in [3.8, 4) is 5.69 Å². The Morgan fingerprint density at radius 3 is 2.61 bits per heavy atom. The van der Waals surface area contributed by atoms with Crippen molar-refractivity contribution in [3.05, 3.63) is 59.1 Å². The molecule has 146 valence electrons. The Morgan fingerprint density at radius 2 is 1.89 bits per heavy atom. The summed E-state index contributed by atoms with van der Waals surface area (Å²) in [4.78, 5) is 17.7. The van der Waals surface area contributed by atoms with Gasteiger partial charge in [-0.15, -0.1) is 10.2 Å². The number of hydrogen-bond donors (Lipinski definition) is 1. The van der Waals surface area contributed by atoms with E-state index in [0.29, 0.717) is 21.6 Å². The van der Waals surface area contributed by atoms with Gasteiger partial charge in [0, 0.05) is 16.9 Å². The van der Waals surface area contributed by atoms with Gasteiger partial charge < -0.3 is 4.98 Å². The number of rotatable bonds is 7. The SMILES string of the molecule is O=C(CSc1nnc(CN2CCCCC2)n1-c1ccc(Cl)cc1)c1ccc[nH]1. The van der Waals surface area contributed by atoms with Crippen LogP contribution in [0.25, 0.3) is 5.69 Å². The maximum Gasteiger partial charge on any atom is 0.196 e. The molecule has 2 aromatic heterocycles. The number of halogens is 1. The van der Waals surface area contributed by atoms with Gasteiger partial charge in [-0.1, -0.05) is 29.8 Å². The van der Waals surface area contributed by atoms with Crippen LogP contribution in [0.5, 0.6) is 0 Å². The number of nitrogens with one attached hydrogen (secondary N) is 1. The predicted molar refractivity (Wildman–Crippen MR) is 111 cm³/mol. The third-order valence-electron chi connectivity index (χ3n) is 4.83. The maximum absolute atomic E-state index is 12.4. The Hall–Kier alpha value is -2.09. The van der Waals surface area contributed by atoms with Crippen LogP contribution in [0.1, 0.15) is 35.6 Å². The van der Waals surface area contributed by atoms with Gasteiger partial charge in [-0.25, -0.2) is 0 Å². The quantitative estimate of drug-likeness (QED) is 0.462. The minimum Gasteiger partial charge on any atom is -0.359 e. The van der Waals surface area contributed by atoms with Crippen molar-refractivity contribution >= 4 is 29.1 Å². The first-order valence-corrected chi connectivity index (χ1v) is 10.8. The van der Waals surface area contributed by atoms with Gasteiger partial charge in [0.25, 0.3) is 0 Å². The van der Waals surface area contributed by atoms with Crippen LogP contribution in [-0.4, -0.2) is 49.3 Å². The van der Waals surface area contributed by atoms with E-state index in [1.54, 1.807) is 12.3 Å². The predicted octanol–water partition coefficient (Wildman–Crippen LogP) is 4.21. The molecule has 8 heteroatoms. The van der Waals surface area contributed by atoms with E-state index in [-0.39, 0.29) is 5.78 Å². The molecular formula is C20H22ClN5OS. The third kappa shape index (κ3) is 4.48. The van der Waals surface area contributed by atoms with E-state index in [2.05, 4.69) is 20.1 Å². The smallest absolute Gasteiger partial charge is 0.196 e. The number of carbonyl (C=O) groups is 1. The molecule has 0 atom stereocenters. The Balaban J connectivity index is 1.57. The van der Waals surface area contributed by atoms with E-state index in [4.69, 9.17) is 11.6 Å². The Labute approximate surface area is 173 Å².